The average Bonchev–Trinajstić information content (AvgIpc) is 2.47. The lowest BCUT2D eigenvalue weighted by Gasteiger charge is -2.10. The van der Waals surface area contributed by atoms with Gasteiger partial charge in [-0.25, -0.2) is 9.97 Å². The number of carbonyl (C=O) groups is 2. The number of carboxylic acids is 2. The zero-order valence-electron chi connectivity index (χ0n) is 11.4. The lowest BCUT2D eigenvalue weighted by molar-refractivity contribution is -0.312. The van der Waals surface area contributed by atoms with Crippen molar-refractivity contribution in [1.29, 1.82) is 0 Å². The Morgan fingerprint density at radius 2 is 1.82 bits per heavy atom. The van der Waals surface area contributed by atoms with Gasteiger partial charge in [-0.1, -0.05) is 0 Å². The maximum atomic E-state index is 10.6. The molecule has 22 heavy (non-hydrogen) atoms. The van der Waals surface area contributed by atoms with Gasteiger partial charge < -0.3 is 25.1 Å². The van der Waals surface area contributed by atoms with Crippen LogP contribution < -0.4 is 15.5 Å². The van der Waals surface area contributed by atoms with Crippen molar-refractivity contribution < 1.29 is 19.8 Å². The SMILES string of the molecule is Cc1cc(-c2nccc(NC=C(C(=O)[O-])C(=O)[O-])n2)ccn1. The summed E-state index contributed by atoms with van der Waals surface area (Å²) in [4.78, 5) is 33.5. The van der Waals surface area contributed by atoms with Crippen molar-refractivity contribution >= 4 is 17.8 Å². The van der Waals surface area contributed by atoms with E-state index >= 15 is 0 Å². The third-order valence-electron chi connectivity index (χ3n) is 2.61. The summed E-state index contributed by atoms with van der Waals surface area (Å²) in [7, 11) is 0. The first-order valence-corrected chi connectivity index (χ1v) is 6.13. The van der Waals surface area contributed by atoms with E-state index in [4.69, 9.17) is 0 Å². The van der Waals surface area contributed by atoms with E-state index < -0.39 is 17.5 Å². The summed E-state index contributed by atoms with van der Waals surface area (Å²) in [6, 6.07) is 4.95. The fourth-order valence-electron chi connectivity index (χ4n) is 1.61. The second kappa shape index (κ2) is 6.44. The smallest absolute Gasteiger partial charge is 0.161 e. The highest BCUT2D eigenvalue weighted by molar-refractivity contribution is 6.10. The first-order valence-electron chi connectivity index (χ1n) is 6.13. The van der Waals surface area contributed by atoms with Crippen molar-refractivity contribution in [3.63, 3.8) is 0 Å². The van der Waals surface area contributed by atoms with Crippen LogP contribution in [-0.4, -0.2) is 26.9 Å². The zero-order valence-corrected chi connectivity index (χ0v) is 11.4. The van der Waals surface area contributed by atoms with E-state index in [1.165, 1.54) is 12.3 Å². The number of carbonyl (C=O) groups excluding carboxylic acids is 2. The standard InChI is InChI=1S/C14H12N4O4/c1-8-6-9(2-4-15-8)12-16-5-3-11(18-12)17-7-10(13(19)20)14(21)22/h2-7H,1H3,(H,19,20)(H,21,22)(H,16,17,18)/p-2. The number of hydrogen-bond acceptors (Lipinski definition) is 8. The fraction of sp³-hybridized carbons (Fsp3) is 0.0714. The summed E-state index contributed by atoms with van der Waals surface area (Å²) in [5.41, 5.74) is 0.496. The maximum Gasteiger partial charge on any atom is 0.161 e. The van der Waals surface area contributed by atoms with Crippen LogP contribution in [0.3, 0.4) is 0 Å². The Labute approximate surface area is 125 Å². The van der Waals surface area contributed by atoms with E-state index in [1.807, 2.05) is 6.92 Å². The Morgan fingerprint density at radius 3 is 2.45 bits per heavy atom. The highest BCUT2D eigenvalue weighted by Crippen LogP contribution is 2.16. The molecule has 0 aromatic carbocycles. The molecule has 0 saturated carbocycles. The third-order valence-corrected chi connectivity index (χ3v) is 2.61. The average molecular weight is 298 g/mol. The van der Waals surface area contributed by atoms with Crippen LogP contribution in [0.5, 0.6) is 0 Å². The van der Waals surface area contributed by atoms with Crippen LogP contribution in [0.25, 0.3) is 11.4 Å². The molecular formula is C14H10N4O4-2. The topological polar surface area (TPSA) is 131 Å². The van der Waals surface area contributed by atoms with Gasteiger partial charge in [-0.05, 0) is 25.1 Å². The molecule has 0 amide bonds. The molecule has 0 unspecified atom stereocenters. The number of pyridine rings is 1. The molecule has 0 aliphatic rings. The molecule has 0 atom stereocenters. The predicted octanol–water partition coefficient (Wildman–Crippen LogP) is -1.36. The second-order valence-corrected chi connectivity index (χ2v) is 4.23. The van der Waals surface area contributed by atoms with Gasteiger partial charge in [0.1, 0.15) is 5.82 Å². The Hall–Kier alpha value is -3.29. The van der Waals surface area contributed by atoms with Gasteiger partial charge in [0.25, 0.3) is 0 Å². The molecule has 0 saturated heterocycles. The minimum atomic E-state index is -1.86. The summed E-state index contributed by atoms with van der Waals surface area (Å²) < 4.78 is 0. The molecular weight excluding hydrogens is 288 g/mol. The number of aliphatic carboxylic acids is 2. The molecule has 8 heteroatoms. The summed E-state index contributed by atoms with van der Waals surface area (Å²) in [6.45, 7) is 1.82. The number of nitrogens with zero attached hydrogens (tertiary/aromatic N) is 3. The van der Waals surface area contributed by atoms with E-state index in [0.29, 0.717) is 5.82 Å². The molecule has 2 rings (SSSR count). The van der Waals surface area contributed by atoms with Gasteiger partial charge in [-0.3, -0.25) is 4.98 Å². The van der Waals surface area contributed by atoms with E-state index in [9.17, 15) is 19.8 Å². The molecule has 2 aromatic heterocycles. The van der Waals surface area contributed by atoms with E-state index in [-0.39, 0.29) is 5.82 Å². The van der Waals surface area contributed by atoms with Crippen molar-refractivity contribution in [2.75, 3.05) is 5.32 Å². The molecule has 2 heterocycles. The number of carboxylic acid groups (broad SMARTS) is 2. The lowest BCUT2D eigenvalue weighted by atomic mass is 10.2. The Kier molecular flexibility index (Phi) is 4.42. The summed E-state index contributed by atoms with van der Waals surface area (Å²) in [5.74, 6) is -3.11. The highest BCUT2D eigenvalue weighted by atomic mass is 16.4. The van der Waals surface area contributed by atoms with Gasteiger partial charge in [-0.15, -0.1) is 0 Å². The van der Waals surface area contributed by atoms with E-state index in [1.54, 1.807) is 18.3 Å². The number of rotatable bonds is 5. The Morgan fingerprint density at radius 1 is 1.14 bits per heavy atom. The van der Waals surface area contributed by atoms with Crippen LogP contribution in [0, 0.1) is 6.92 Å². The number of aromatic nitrogens is 3. The van der Waals surface area contributed by atoms with Gasteiger partial charge in [0.15, 0.2) is 5.82 Å². The number of hydrogen-bond donors (Lipinski definition) is 1. The second-order valence-electron chi connectivity index (χ2n) is 4.23. The van der Waals surface area contributed by atoms with Crippen LogP contribution in [0.1, 0.15) is 5.69 Å². The molecule has 0 bridgehead atoms. The Bertz CT molecular complexity index is 742. The van der Waals surface area contributed by atoms with Crippen molar-refractivity contribution in [3.8, 4) is 11.4 Å². The van der Waals surface area contributed by atoms with Gasteiger partial charge in [0.05, 0.1) is 11.9 Å². The van der Waals surface area contributed by atoms with E-state index in [0.717, 1.165) is 17.5 Å². The summed E-state index contributed by atoms with van der Waals surface area (Å²) >= 11 is 0. The van der Waals surface area contributed by atoms with Crippen LogP contribution in [-0.2, 0) is 9.59 Å². The molecule has 0 spiro atoms. The third kappa shape index (κ3) is 3.63. The number of nitrogens with one attached hydrogen (secondary N) is 1. The van der Waals surface area contributed by atoms with Crippen molar-refractivity contribution in [2.45, 2.75) is 6.92 Å². The lowest BCUT2D eigenvalue weighted by Crippen LogP contribution is -2.36. The van der Waals surface area contributed by atoms with Gasteiger partial charge in [-0.2, -0.15) is 0 Å². The van der Waals surface area contributed by atoms with Crippen LogP contribution in [0.15, 0.2) is 42.4 Å². The van der Waals surface area contributed by atoms with E-state index in [2.05, 4.69) is 20.3 Å². The highest BCUT2D eigenvalue weighted by Gasteiger charge is 2.04. The predicted molar refractivity (Wildman–Crippen MR) is 71.7 cm³/mol. The molecule has 0 radical (unpaired) electrons. The van der Waals surface area contributed by atoms with Crippen molar-refractivity contribution in [1.82, 2.24) is 15.0 Å². The molecule has 112 valence electrons. The number of anilines is 1. The molecule has 8 nitrogen and oxygen atoms in total. The van der Waals surface area contributed by atoms with Crippen LogP contribution >= 0.6 is 0 Å². The maximum absolute atomic E-state index is 10.6. The summed E-state index contributed by atoms with van der Waals surface area (Å²) in [6.07, 6.45) is 3.80. The van der Waals surface area contributed by atoms with Crippen molar-refractivity contribution in [3.05, 3.63) is 48.1 Å². The van der Waals surface area contributed by atoms with Crippen molar-refractivity contribution in [2.24, 2.45) is 0 Å². The zero-order chi connectivity index (χ0) is 16.1. The summed E-state index contributed by atoms with van der Waals surface area (Å²) in [5, 5.41) is 23.7. The van der Waals surface area contributed by atoms with Crippen LogP contribution in [0.4, 0.5) is 5.82 Å². The molecule has 0 aliphatic heterocycles. The minimum absolute atomic E-state index is 0.222. The van der Waals surface area contributed by atoms with Gasteiger partial charge in [0, 0.05) is 35.4 Å². The largest absolute Gasteiger partial charge is 0.545 e. The monoisotopic (exact) mass is 298 g/mol. The fourth-order valence-corrected chi connectivity index (χ4v) is 1.61. The molecule has 0 aliphatic carbocycles. The molecule has 1 N–H and O–H groups in total. The van der Waals surface area contributed by atoms with Gasteiger partial charge in [0.2, 0.25) is 0 Å². The minimum Gasteiger partial charge on any atom is -0.545 e. The first kappa shape index (κ1) is 15.1. The van der Waals surface area contributed by atoms with Crippen LogP contribution in [0.2, 0.25) is 0 Å². The molecule has 0 fully saturated rings. The van der Waals surface area contributed by atoms with Gasteiger partial charge >= 0.3 is 0 Å². The first-order chi connectivity index (χ1) is 10.5. The quantitative estimate of drug-likeness (QED) is 0.407. The Balaban J connectivity index is 2.27. The normalized spacial score (nSPS) is 9.86. The number of aryl methyl sites for hydroxylation is 1. The molecule has 2 aromatic rings.